The molecule has 0 aliphatic rings. The summed E-state index contributed by atoms with van der Waals surface area (Å²) in [5, 5.41) is 17.7. The molecule has 0 saturated heterocycles. The Balaban J connectivity index is 5.31. The highest BCUT2D eigenvalue weighted by molar-refractivity contribution is 5.94. The van der Waals surface area contributed by atoms with Gasteiger partial charge in [0.15, 0.2) is 5.96 Å². The van der Waals surface area contributed by atoms with Gasteiger partial charge in [-0.1, -0.05) is 33.6 Å². The number of aliphatic hydroxyl groups is 1. The zero-order valence-corrected chi connectivity index (χ0v) is 22.2. The Labute approximate surface area is 213 Å². The second-order valence-corrected chi connectivity index (χ2v) is 10.3. The average Bonchev–Trinajstić information content (AvgIpc) is 2.74. The quantitative estimate of drug-likeness (QED) is 0.0669. The minimum Gasteiger partial charge on any atom is -0.391 e. The van der Waals surface area contributed by atoms with E-state index in [0.717, 1.165) is 12.8 Å². The first-order valence-electron chi connectivity index (χ1n) is 12.2. The molecule has 0 aliphatic carbocycles. The molecule has 0 rings (SSSR count). The van der Waals surface area contributed by atoms with Crippen LogP contribution in [0, 0.1) is 5.41 Å². The first-order chi connectivity index (χ1) is 16.5. The van der Waals surface area contributed by atoms with Crippen LogP contribution in [0.25, 0.3) is 0 Å². The van der Waals surface area contributed by atoms with Crippen molar-refractivity contribution in [3.05, 3.63) is 0 Å². The van der Waals surface area contributed by atoms with Crippen LogP contribution in [0.5, 0.6) is 0 Å². The van der Waals surface area contributed by atoms with Gasteiger partial charge in [0.2, 0.25) is 23.6 Å². The molecule has 0 saturated carbocycles. The van der Waals surface area contributed by atoms with E-state index in [0.29, 0.717) is 19.3 Å². The van der Waals surface area contributed by atoms with Crippen molar-refractivity contribution in [3.63, 3.8) is 0 Å². The number of carbonyl (C=O) groups is 4. The first kappa shape index (κ1) is 33.1. The van der Waals surface area contributed by atoms with Crippen molar-refractivity contribution < 1.29 is 24.3 Å². The van der Waals surface area contributed by atoms with Crippen molar-refractivity contribution in [2.75, 3.05) is 6.54 Å². The van der Waals surface area contributed by atoms with Gasteiger partial charge in [0, 0.05) is 6.54 Å². The van der Waals surface area contributed by atoms with Gasteiger partial charge in [-0.05, 0) is 44.9 Å². The van der Waals surface area contributed by atoms with Crippen molar-refractivity contribution in [2.45, 2.75) is 103 Å². The molecule has 0 radical (unpaired) electrons. The van der Waals surface area contributed by atoms with Crippen LogP contribution in [0.15, 0.2) is 4.99 Å². The maximum Gasteiger partial charge on any atom is 0.245 e. The largest absolute Gasteiger partial charge is 0.391 e. The zero-order valence-electron chi connectivity index (χ0n) is 22.2. The lowest BCUT2D eigenvalue weighted by Gasteiger charge is -2.26. The van der Waals surface area contributed by atoms with Crippen LogP contribution < -0.4 is 38.9 Å². The molecule has 0 unspecified atom stereocenters. The summed E-state index contributed by atoms with van der Waals surface area (Å²) in [5.41, 5.74) is 21.8. The highest BCUT2D eigenvalue weighted by Crippen LogP contribution is 2.22. The minimum absolute atomic E-state index is 0.108. The van der Waals surface area contributed by atoms with Crippen molar-refractivity contribution >= 4 is 29.6 Å². The van der Waals surface area contributed by atoms with Gasteiger partial charge in [0.05, 0.1) is 12.1 Å². The summed E-state index contributed by atoms with van der Waals surface area (Å²) < 4.78 is 0. The van der Waals surface area contributed by atoms with E-state index in [1.54, 1.807) is 0 Å². The molecule has 36 heavy (non-hydrogen) atoms. The Morgan fingerprint density at radius 2 is 1.39 bits per heavy atom. The molecule has 12 N–H and O–H groups in total. The van der Waals surface area contributed by atoms with Crippen molar-refractivity contribution in [3.8, 4) is 0 Å². The molecule has 208 valence electrons. The summed E-state index contributed by atoms with van der Waals surface area (Å²) in [6.45, 7) is 9.34. The lowest BCUT2D eigenvalue weighted by Crippen LogP contribution is -2.60. The fourth-order valence-electron chi connectivity index (χ4n) is 3.29. The summed E-state index contributed by atoms with van der Waals surface area (Å²) >= 11 is 0. The summed E-state index contributed by atoms with van der Waals surface area (Å²) in [6.07, 6.45) is 1.98. The Morgan fingerprint density at radius 3 is 1.86 bits per heavy atom. The molecule has 0 spiro atoms. The van der Waals surface area contributed by atoms with Gasteiger partial charge in [0.1, 0.15) is 18.1 Å². The number of amides is 4. The van der Waals surface area contributed by atoms with E-state index in [-0.39, 0.29) is 24.3 Å². The van der Waals surface area contributed by atoms with Crippen LogP contribution in [-0.4, -0.2) is 71.5 Å². The van der Waals surface area contributed by atoms with Crippen molar-refractivity contribution in [1.82, 2.24) is 16.0 Å². The predicted octanol–water partition coefficient (Wildman–Crippen LogP) is -1.69. The number of rotatable bonds is 16. The minimum atomic E-state index is -1.39. The van der Waals surface area contributed by atoms with Gasteiger partial charge in [0.25, 0.3) is 0 Å². The Hall–Kier alpha value is -2.93. The number of nitrogens with one attached hydrogen (secondary N) is 3. The number of guanidine groups is 1. The van der Waals surface area contributed by atoms with Gasteiger partial charge in [-0.2, -0.15) is 0 Å². The van der Waals surface area contributed by atoms with Crippen LogP contribution in [0.4, 0.5) is 0 Å². The molecule has 0 bridgehead atoms. The van der Waals surface area contributed by atoms with Gasteiger partial charge >= 0.3 is 0 Å². The molecule has 0 aromatic rings. The molecule has 0 aliphatic heterocycles. The number of aliphatic imine (C=N–C) groups is 1. The Morgan fingerprint density at radius 1 is 0.833 bits per heavy atom. The summed E-state index contributed by atoms with van der Waals surface area (Å²) in [5.74, 6) is -2.87. The van der Waals surface area contributed by atoms with Crippen LogP contribution >= 0.6 is 0 Å². The number of nitrogens with zero attached hydrogens (tertiary/aromatic N) is 1. The molecular formula is C23H46N8O5. The van der Waals surface area contributed by atoms with E-state index < -0.39 is 53.9 Å². The average molecular weight is 515 g/mol. The van der Waals surface area contributed by atoms with Crippen LogP contribution in [-0.2, 0) is 19.2 Å². The van der Waals surface area contributed by atoms with Crippen molar-refractivity contribution in [2.24, 2.45) is 33.3 Å². The fourth-order valence-corrected chi connectivity index (χ4v) is 3.29. The predicted molar refractivity (Wildman–Crippen MR) is 138 cm³/mol. The highest BCUT2D eigenvalue weighted by Gasteiger charge is 2.32. The van der Waals surface area contributed by atoms with E-state index in [1.807, 2.05) is 0 Å². The standard InChI is InChI=1S/C23H46N8O5/c1-13(24)19(34)30-16(10-8-12-28-22(26)27)20(35)31-17(14(2)32)21(36)29-15(18(25)33)9-6-7-11-23(3,4)5/h13-17,32H,6-12,24H2,1-5H3,(H2,25,33)(H,29,36)(H,30,34)(H,31,35)(H4,26,27,28)/t13-,14+,15-,16-,17-/m0/s1. The third-order valence-electron chi connectivity index (χ3n) is 5.38. The molecule has 0 fully saturated rings. The zero-order chi connectivity index (χ0) is 28.1. The maximum atomic E-state index is 12.9. The Bertz CT molecular complexity index is 760. The SMILES string of the molecule is C[C@H](N)C(=O)N[C@@H](CCCN=C(N)N)C(=O)N[C@H](C(=O)N[C@@H](CCCCC(C)(C)C)C(N)=O)[C@@H](C)O. The second kappa shape index (κ2) is 15.9. The lowest BCUT2D eigenvalue weighted by atomic mass is 9.89. The van der Waals surface area contributed by atoms with E-state index >= 15 is 0 Å². The number of primary amides is 1. The number of aliphatic hydroxyl groups excluding tert-OH is 1. The molecule has 13 nitrogen and oxygen atoms in total. The van der Waals surface area contributed by atoms with Crippen LogP contribution in [0.2, 0.25) is 0 Å². The molecule has 5 atom stereocenters. The van der Waals surface area contributed by atoms with E-state index in [9.17, 15) is 24.3 Å². The molecule has 0 heterocycles. The van der Waals surface area contributed by atoms with Gasteiger partial charge in [-0.3, -0.25) is 24.2 Å². The highest BCUT2D eigenvalue weighted by atomic mass is 16.3. The van der Waals surface area contributed by atoms with Crippen LogP contribution in [0.1, 0.15) is 73.1 Å². The van der Waals surface area contributed by atoms with Gasteiger partial charge in [-0.25, -0.2) is 0 Å². The van der Waals surface area contributed by atoms with Crippen LogP contribution in [0.3, 0.4) is 0 Å². The third-order valence-corrected chi connectivity index (χ3v) is 5.38. The first-order valence-corrected chi connectivity index (χ1v) is 12.2. The van der Waals surface area contributed by atoms with E-state index in [1.165, 1.54) is 13.8 Å². The number of carbonyl (C=O) groups excluding carboxylic acids is 4. The third kappa shape index (κ3) is 14.5. The van der Waals surface area contributed by atoms with E-state index in [4.69, 9.17) is 22.9 Å². The maximum absolute atomic E-state index is 12.9. The summed E-state index contributed by atoms with van der Waals surface area (Å²) in [7, 11) is 0. The number of unbranched alkanes of at least 4 members (excludes halogenated alkanes) is 1. The Kier molecular flexibility index (Phi) is 14.6. The second-order valence-electron chi connectivity index (χ2n) is 10.3. The smallest absolute Gasteiger partial charge is 0.245 e. The number of hydrogen-bond acceptors (Lipinski definition) is 7. The fraction of sp³-hybridized carbons (Fsp3) is 0.783. The van der Waals surface area contributed by atoms with Gasteiger partial charge in [-0.15, -0.1) is 0 Å². The number of hydrogen-bond donors (Lipinski definition) is 8. The summed E-state index contributed by atoms with van der Waals surface area (Å²) in [4.78, 5) is 53.6. The number of nitrogens with two attached hydrogens (primary N) is 4. The monoisotopic (exact) mass is 514 g/mol. The van der Waals surface area contributed by atoms with Gasteiger partial charge < -0.3 is 44.0 Å². The molecule has 4 amide bonds. The molecule has 13 heteroatoms. The molecular weight excluding hydrogens is 468 g/mol. The lowest BCUT2D eigenvalue weighted by molar-refractivity contribution is -0.135. The molecule has 0 aromatic carbocycles. The summed E-state index contributed by atoms with van der Waals surface area (Å²) in [6, 6.07) is -4.27. The molecule has 0 aromatic heterocycles. The topological polar surface area (TPSA) is 241 Å². The van der Waals surface area contributed by atoms with Crippen molar-refractivity contribution in [1.29, 1.82) is 0 Å². The normalized spacial score (nSPS) is 15.5. The van der Waals surface area contributed by atoms with E-state index in [2.05, 4.69) is 41.7 Å².